The molecule has 2 heterocycles. The lowest BCUT2D eigenvalue weighted by Gasteiger charge is -2.08. The zero-order valence-electron chi connectivity index (χ0n) is 15.1. The lowest BCUT2D eigenvalue weighted by Crippen LogP contribution is -2.04. The molecule has 4 aromatic rings. The van der Waals surface area contributed by atoms with Gasteiger partial charge in [0.25, 0.3) is 5.22 Å². The number of aliphatic hydroxyl groups is 1. The minimum Gasteiger partial charge on any atom is -0.510 e. The van der Waals surface area contributed by atoms with Crippen molar-refractivity contribution in [3.05, 3.63) is 65.9 Å². The average Bonchev–Trinajstić information content (AvgIpc) is 3.36. The number of hydrogen-bond donors (Lipinski definition) is 2. The number of rotatable bonds is 5. The minimum atomic E-state index is -0.542. The fraction of sp³-hybridized carbons (Fsp3) is 0.100. The molecular formula is C20H14FN5O2S. The predicted molar refractivity (Wildman–Crippen MR) is 106 cm³/mol. The first kappa shape index (κ1) is 18.7. The molecule has 29 heavy (non-hydrogen) atoms. The van der Waals surface area contributed by atoms with E-state index in [9.17, 15) is 14.8 Å². The molecule has 0 fully saturated rings. The largest absolute Gasteiger partial charge is 0.510 e. The molecule has 0 spiro atoms. The zero-order valence-corrected chi connectivity index (χ0v) is 15.9. The number of hydrogen-bond acceptors (Lipinski definition) is 7. The van der Waals surface area contributed by atoms with Crippen molar-refractivity contribution in [2.45, 2.75) is 17.4 Å². The molecule has 0 bridgehead atoms. The Morgan fingerprint density at radius 3 is 2.69 bits per heavy atom. The Bertz CT molecular complexity index is 1210. The number of nitrogens with zero attached hydrogens (tertiary/aromatic N) is 4. The number of para-hydroxylation sites is 2. The number of aliphatic hydroxyl groups excluding tert-OH is 1. The van der Waals surface area contributed by atoms with Gasteiger partial charge in [-0.2, -0.15) is 5.26 Å². The Labute approximate surface area is 168 Å². The summed E-state index contributed by atoms with van der Waals surface area (Å²) >= 11 is 1.10. The number of fused-ring (bicyclic) bond motifs is 1. The van der Waals surface area contributed by atoms with Crippen molar-refractivity contribution in [3.8, 4) is 17.5 Å². The highest BCUT2D eigenvalue weighted by Crippen LogP contribution is 2.31. The van der Waals surface area contributed by atoms with Gasteiger partial charge in [-0.05, 0) is 43.3 Å². The van der Waals surface area contributed by atoms with Gasteiger partial charge in [-0.25, -0.2) is 9.37 Å². The van der Waals surface area contributed by atoms with Crippen LogP contribution in [0.2, 0.25) is 0 Å². The molecule has 1 atom stereocenters. The molecule has 0 aliphatic rings. The number of aromatic nitrogens is 4. The summed E-state index contributed by atoms with van der Waals surface area (Å²) in [6.07, 6.45) is 0. The summed E-state index contributed by atoms with van der Waals surface area (Å²) in [6, 6.07) is 15.0. The maximum absolute atomic E-state index is 13.0. The second kappa shape index (κ2) is 7.77. The number of imidazole rings is 1. The summed E-state index contributed by atoms with van der Waals surface area (Å²) < 4.78 is 18.6. The molecule has 0 aliphatic heterocycles. The number of allylic oxidation sites excluding steroid dienone is 1. The van der Waals surface area contributed by atoms with Crippen molar-refractivity contribution in [1.82, 2.24) is 20.2 Å². The van der Waals surface area contributed by atoms with Crippen LogP contribution < -0.4 is 0 Å². The fourth-order valence-electron chi connectivity index (χ4n) is 2.68. The lowest BCUT2D eigenvalue weighted by molar-refractivity contribution is 0.399. The highest BCUT2D eigenvalue weighted by atomic mass is 32.2. The number of nitrogens with one attached hydrogen (secondary N) is 1. The smallest absolute Gasteiger partial charge is 0.277 e. The van der Waals surface area contributed by atoms with Crippen LogP contribution >= 0.6 is 11.8 Å². The first-order valence-electron chi connectivity index (χ1n) is 8.59. The van der Waals surface area contributed by atoms with E-state index in [-0.39, 0.29) is 34.1 Å². The standard InChI is InChI=1S/C20H14FN5O2S/c1-11(29-20-26-25-19(28-20)12-6-8-13(21)9-7-12)17(27)14(10-22)18-23-15-4-2-3-5-16(15)24-18/h2-9,11,27H,1H3,(H,23,24)/t11-/m1/s1. The maximum Gasteiger partial charge on any atom is 0.277 e. The van der Waals surface area contributed by atoms with Crippen molar-refractivity contribution in [2.24, 2.45) is 0 Å². The van der Waals surface area contributed by atoms with Gasteiger partial charge in [-0.1, -0.05) is 23.9 Å². The van der Waals surface area contributed by atoms with E-state index in [0.29, 0.717) is 11.1 Å². The number of benzene rings is 2. The number of thioether (sulfide) groups is 1. The number of halogens is 1. The lowest BCUT2D eigenvalue weighted by atomic mass is 10.2. The van der Waals surface area contributed by atoms with Gasteiger partial charge < -0.3 is 14.5 Å². The van der Waals surface area contributed by atoms with E-state index in [1.54, 1.807) is 6.92 Å². The van der Waals surface area contributed by atoms with Gasteiger partial charge in [0.2, 0.25) is 5.89 Å². The molecule has 9 heteroatoms. The topological polar surface area (TPSA) is 112 Å². The molecule has 0 saturated carbocycles. The van der Waals surface area contributed by atoms with Crippen LogP contribution in [0.25, 0.3) is 28.1 Å². The number of nitriles is 1. The van der Waals surface area contributed by atoms with E-state index >= 15 is 0 Å². The van der Waals surface area contributed by atoms with Gasteiger partial charge in [0.05, 0.1) is 16.3 Å². The molecule has 0 amide bonds. The van der Waals surface area contributed by atoms with E-state index in [4.69, 9.17) is 4.42 Å². The molecule has 2 N–H and O–H groups in total. The monoisotopic (exact) mass is 407 g/mol. The summed E-state index contributed by atoms with van der Waals surface area (Å²) in [4.78, 5) is 7.39. The Hall–Kier alpha value is -3.64. The number of aromatic amines is 1. The van der Waals surface area contributed by atoms with Gasteiger partial charge in [0.1, 0.15) is 23.2 Å². The van der Waals surface area contributed by atoms with Crippen LogP contribution in [0, 0.1) is 17.1 Å². The van der Waals surface area contributed by atoms with Crippen LogP contribution in [0.3, 0.4) is 0 Å². The normalized spacial score (nSPS) is 13.1. The van der Waals surface area contributed by atoms with Crippen LogP contribution in [-0.2, 0) is 0 Å². The highest BCUT2D eigenvalue weighted by molar-refractivity contribution is 7.99. The van der Waals surface area contributed by atoms with Crippen molar-refractivity contribution in [2.75, 3.05) is 0 Å². The van der Waals surface area contributed by atoms with Gasteiger partial charge in [0, 0.05) is 5.56 Å². The third kappa shape index (κ3) is 3.83. The molecule has 2 aromatic carbocycles. The first-order chi connectivity index (χ1) is 14.0. The van der Waals surface area contributed by atoms with E-state index < -0.39 is 5.25 Å². The van der Waals surface area contributed by atoms with Gasteiger partial charge in [0.15, 0.2) is 5.82 Å². The summed E-state index contributed by atoms with van der Waals surface area (Å²) in [5.74, 6) is 0.0106. The predicted octanol–water partition coefficient (Wildman–Crippen LogP) is 4.73. The summed E-state index contributed by atoms with van der Waals surface area (Å²) in [7, 11) is 0. The SMILES string of the molecule is C[C@@H](Sc1nnc(-c2ccc(F)cc2)o1)C(O)=C(C#N)c1nc2ccccc2[nH]1. The quantitative estimate of drug-likeness (QED) is 0.279. The van der Waals surface area contributed by atoms with Crippen LogP contribution in [0.15, 0.2) is 63.9 Å². The minimum absolute atomic E-state index is 0.0412. The van der Waals surface area contributed by atoms with Gasteiger partial charge >= 0.3 is 0 Å². The van der Waals surface area contributed by atoms with E-state index in [1.165, 1.54) is 24.3 Å². The Kier molecular flexibility index (Phi) is 5.01. The molecule has 0 radical (unpaired) electrons. The Morgan fingerprint density at radius 1 is 1.21 bits per heavy atom. The summed E-state index contributed by atoms with van der Waals surface area (Å²) in [5, 5.41) is 27.7. The maximum atomic E-state index is 13.0. The zero-order chi connectivity index (χ0) is 20.4. The van der Waals surface area contributed by atoms with E-state index in [2.05, 4.69) is 20.2 Å². The van der Waals surface area contributed by atoms with Gasteiger partial charge in [-0.15, -0.1) is 10.2 Å². The molecule has 2 aromatic heterocycles. The van der Waals surface area contributed by atoms with Crippen LogP contribution in [0.5, 0.6) is 0 Å². The third-order valence-corrected chi connectivity index (χ3v) is 5.10. The Morgan fingerprint density at radius 2 is 1.97 bits per heavy atom. The van der Waals surface area contributed by atoms with E-state index in [1.807, 2.05) is 30.3 Å². The fourth-order valence-corrected chi connectivity index (χ4v) is 3.43. The van der Waals surface area contributed by atoms with E-state index in [0.717, 1.165) is 17.3 Å². The van der Waals surface area contributed by atoms with Gasteiger partial charge in [-0.3, -0.25) is 0 Å². The Balaban J connectivity index is 1.57. The summed E-state index contributed by atoms with van der Waals surface area (Å²) in [6.45, 7) is 1.71. The van der Waals surface area contributed by atoms with Crippen molar-refractivity contribution >= 4 is 28.4 Å². The molecule has 0 aliphatic carbocycles. The molecule has 4 rings (SSSR count). The van der Waals surface area contributed by atoms with Crippen LogP contribution in [0.4, 0.5) is 4.39 Å². The van der Waals surface area contributed by atoms with Crippen molar-refractivity contribution in [1.29, 1.82) is 5.26 Å². The highest BCUT2D eigenvalue weighted by Gasteiger charge is 2.21. The molecular weight excluding hydrogens is 393 g/mol. The second-order valence-corrected chi connectivity index (χ2v) is 7.41. The third-order valence-electron chi connectivity index (χ3n) is 4.15. The molecule has 0 unspecified atom stereocenters. The second-order valence-electron chi connectivity index (χ2n) is 6.11. The molecule has 144 valence electrons. The molecule has 0 saturated heterocycles. The van der Waals surface area contributed by atoms with Crippen molar-refractivity contribution in [3.63, 3.8) is 0 Å². The van der Waals surface area contributed by atoms with Crippen molar-refractivity contribution < 1.29 is 13.9 Å². The summed E-state index contributed by atoms with van der Waals surface area (Å²) in [5.41, 5.74) is 2.09. The average molecular weight is 407 g/mol. The molecule has 7 nitrogen and oxygen atoms in total. The van der Waals surface area contributed by atoms with Crippen LogP contribution in [-0.4, -0.2) is 30.5 Å². The first-order valence-corrected chi connectivity index (χ1v) is 9.47. The van der Waals surface area contributed by atoms with Crippen LogP contribution in [0.1, 0.15) is 12.7 Å². The number of H-pyrrole nitrogens is 1.